The number of benzene rings is 1. The second kappa shape index (κ2) is 5.90. The average molecular weight is 288 g/mol. The molecule has 2 atom stereocenters. The summed E-state index contributed by atoms with van der Waals surface area (Å²) in [4.78, 5) is 14.2. The molecule has 0 saturated heterocycles. The monoisotopic (exact) mass is 288 g/mol. The Labute approximate surface area is 125 Å². The van der Waals surface area contributed by atoms with Crippen LogP contribution in [0.1, 0.15) is 45.4 Å². The van der Waals surface area contributed by atoms with Gasteiger partial charge in [0.05, 0.1) is 11.6 Å². The van der Waals surface area contributed by atoms with Crippen LogP contribution < -0.4 is 5.73 Å². The molecular weight excluding hydrogens is 264 g/mol. The van der Waals surface area contributed by atoms with Crippen LogP contribution in [-0.2, 0) is 4.79 Å². The van der Waals surface area contributed by atoms with Crippen molar-refractivity contribution in [1.29, 1.82) is 0 Å². The Bertz CT molecular complexity index is 598. The molecule has 2 aromatic rings. The van der Waals surface area contributed by atoms with Crippen LogP contribution in [-0.4, -0.2) is 23.4 Å². The summed E-state index contributed by atoms with van der Waals surface area (Å²) in [6.07, 6.45) is 1.55. The zero-order valence-corrected chi connectivity index (χ0v) is 13.2. The minimum atomic E-state index is -0.830. The number of rotatable bonds is 5. The predicted octanol–water partition coefficient (Wildman–Crippen LogP) is 3.47. The van der Waals surface area contributed by atoms with Gasteiger partial charge in [0, 0.05) is 12.4 Å². The molecule has 0 saturated carbocycles. The summed E-state index contributed by atoms with van der Waals surface area (Å²) in [5, 5.41) is 1.05. The molecule has 1 heterocycles. The van der Waals surface area contributed by atoms with E-state index >= 15 is 0 Å². The van der Waals surface area contributed by atoms with Gasteiger partial charge in [-0.25, -0.2) is 0 Å². The smallest absolute Gasteiger partial charge is 0.242 e. The maximum atomic E-state index is 12.5. The van der Waals surface area contributed by atoms with Crippen molar-refractivity contribution >= 4 is 16.9 Å². The lowest BCUT2D eigenvalue weighted by Gasteiger charge is -2.32. The highest BCUT2D eigenvalue weighted by Gasteiger charge is 2.33. The van der Waals surface area contributed by atoms with E-state index in [1.807, 2.05) is 44.2 Å². The fourth-order valence-corrected chi connectivity index (χ4v) is 2.60. The van der Waals surface area contributed by atoms with Crippen LogP contribution in [0.3, 0.4) is 0 Å². The van der Waals surface area contributed by atoms with Crippen LogP contribution in [0.25, 0.3) is 11.0 Å². The van der Waals surface area contributed by atoms with E-state index in [2.05, 4.69) is 0 Å². The maximum Gasteiger partial charge on any atom is 0.242 e. The molecule has 0 aliphatic heterocycles. The molecule has 2 unspecified atom stereocenters. The first-order chi connectivity index (χ1) is 9.86. The van der Waals surface area contributed by atoms with Crippen molar-refractivity contribution in [2.45, 2.75) is 45.2 Å². The molecule has 2 rings (SSSR count). The number of likely N-dealkylation sites (N-methyl/N-ethyl adjacent to an activating group) is 1. The van der Waals surface area contributed by atoms with E-state index in [1.54, 1.807) is 18.9 Å². The Morgan fingerprint density at radius 3 is 2.71 bits per heavy atom. The third kappa shape index (κ3) is 3.10. The molecule has 4 heteroatoms. The Morgan fingerprint density at radius 2 is 2.10 bits per heavy atom. The van der Waals surface area contributed by atoms with Crippen LogP contribution in [0.4, 0.5) is 0 Å². The highest BCUT2D eigenvalue weighted by molar-refractivity contribution is 5.86. The van der Waals surface area contributed by atoms with Crippen LogP contribution in [0.2, 0.25) is 0 Å². The topological polar surface area (TPSA) is 59.5 Å². The van der Waals surface area contributed by atoms with E-state index < -0.39 is 5.54 Å². The van der Waals surface area contributed by atoms with Crippen LogP contribution in [0.15, 0.2) is 34.7 Å². The molecule has 21 heavy (non-hydrogen) atoms. The third-order valence-corrected chi connectivity index (χ3v) is 4.02. The van der Waals surface area contributed by atoms with Crippen LogP contribution >= 0.6 is 0 Å². The van der Waals surface area contributed by atoms with E-state index in [9.17, 15) is 4.79 Å². The number of hydrogen-bond donors (Lipinski definition) is 1. The van der Waals surface area contributed by atoms with Crippen LogP contribution in [0.5, 0.6) is 0 Å². The average Bonchev–Trinajstić information content (AvgIpc) is 2.88. The summed E-state index contributed by atoms with van der Waals surface area (Å²) in [5.41, 5.74) is 6.15. The summed E-state index contributed by atoms with van der Waals surface area (Å²) >= 11 is 0. The summed E-state index contributed by atoms with van der Waals surface area (Å²) in [7, 11) is 1.78. The molecule has 2 N–H and O–H groups in total. The number of carbonyl (C=O) groups is 1. The van der Waals surface area contributed by atoms with E-state index in [4.69, 9.17) is 10.2 Å². The first kappa shape index (κ1) is 15.6. The Kier molecular flexibility index (Phi) is 4.37. The number of fused-ring (bicyclic) bond motifs is 1. The summed E-state index contributed by atoms with van der Waals surface area (Å²) in [6.45, 7) is 5.78. The van der Waals surface area contributed by atoms with E-state index in [0.29, 0.717) is 6.42 Å². The lowest BCUT2D eigenvalue weighted by atomic mass is 9.95. The van der Waals surface area contributed by atoms with Crippen molar-refractivity contribution in [2.75, 3.05) is 7.05 Å². The first-order valence-electron chi connectivity index (χ1n) is 7.41. The minimum absolute atomic E-state index is 0.0580. The molecular formula is C17H24N2O2. The number of furan rings is 1. The highest BCUT2D eigenvalue weighted by atomic mass is 16.3. The minimum Gasteiger partial charge on any atom is -0.459 e. The molecule has 0 bridgehead atoms. The van der Waals surface area contributed by atoms with Gasteiger partial charge in [0.1, 0.15) is 11.3 Å². The molecule has 0 aliphatic carbocycles. The lowest BCUT2D eigenvalue weighted by molar-refractivity contribution is -0.137. The molecule has 0 aliphatic rings. The molecule has 1 aromatic carbocycles. The molecule has 0 spiro atoms. The third-order valence-electron chi connectivity index (χ3n) is 4.02. The quantitative estimate of drug-likeness (QED) is 0.916. The van der Waals surface area contributed by atoms with Gasteiger partial charge in [-0.1, -0.05) is 31.5 Å². The number of nitrogens with two attached hydrogens (primary N) is 1. The number of amides is 1. The number of nitrogens with zero attached hydrogens (tertiary/aromatic N) is 1. The normalized spacial score (nSPS) is 15.7. The molecule has 1 aromatic heterocycles. The number of carbonyl (C=O) groups excluding carboxylic acids is 1. The van der Waals surface area contributed by atoms with Gasteiger partial charge in [-0.3, -0.25) is 4.79 Å². The lowest BCUT2D eigenvalue weighted by Crippen LogP contribution is -2.52. The fourth-order valence-electron chi connectivity index (χ4n) is 2.60. The van der Waals surface area contributed by atoms with Gasteiger partial charge in [0.25, 0.3) is 0 Å². The van der Waals surface area contributed by atoms with E-state index in [1.165, 1.54) is 0 Å². The fraction of sp³-hybridized carbons (Fsp3) is 0.471. The van der Waals surface area contributed by atoms with Crippen molar-refractivity contribution in [3.63, 3.8) is 0 Å². The Hall–Kier alpha value is -1.81. The van der Waals surface area contributed by atoms with Gasteiger partial charge >= 0.3 is 0 Å². The SMILES string of the molecule is CCCC(C)(N)C(=O)N(C)C(C)c1cc2ccccc2o1. The van der Waals surface area contributed by atoms with Gasteiger partial charge in [-0.2, -0.15) is 0 Å². The van der Waals surface area contributed by atoms with Crippen molar-refractivity contribution in [3.8, 4) is 0 Å². The van der Waals surface area contributed by atoms with Crippen molar-refractivity contribution in [1.82, 2.24) is 4.90 Å². The van der Waals surface area contributed by atoms with Crippen molar-refractivity contribution in [3.05, 3.63) is 36.1 Å². The molecule has 4 nitrogen and oxygen atoms in total. The second-order valence-corrected chi connectivity index (χ2v) is 5.95. The van der Waals surface area contributed by atoms with E-state index in [0.717, 1.165) is 23.2 Å². The summed E-state index contributed by atoms with van der Waals surface area (Å²) in [6, 6.07) is 9.67. The molecule has 0 radical (unpaired) electrons. The van der Waals surface area contributed by atoms with Gasteiger partial charge in [0.15, 0.2) is 0 Å². The second-order valence-electron chi connectivity index (χ2n) is 5.95. The van der Waals surface area contributed by atoms with Crippen LogP contribution in [0, 0.1) is 0 Å². The highest BCUT2D eigenvalue weighted by Crippen LogP contribution is 2.28. The van der Waals surface area contributed by atoms with Gasteiger partial charge < -0.3 is 15.1 Å². The van der Waals surface area contributed by atoms with Gasteiger partial charge in [0.2, 0.25) is 5.91 Å². The first-order valence-corrected chi connectivity index (χ1v) is 7.41. The standard InChI is InChI=1S/C17H24N2O2/c1-5-10-17(3,18)16(20)19(4)12(2)15-11-13-8-6-7-9-14(13)21-15/h6-9,11-12H,5,10,18H2,1-4H3. The van der Waals surface area contributed by atoms with Crippen molar-refractivity contribution in [2.24, 2.45) is 5.73 Å². The Balaban J connectivity index is 2.22. The van der Waals surface area contributed by atoms with Crippen molar-refractivity contribution < 1.29 is 9.21 Å². The molecule has 1 amide bonds. The molecule has 0 fully saturated rings. The number of para-hydroxylation sites is 1. The molecule has 114 valence electrons. The predicted molar refractivity (Wildman–Crippen MR) is 84.9 cm³/mol. The summed E-state index contributed by atoms with van der Waals surface area (Å²) < 4.78 is 5.84. The van der Waals surface area contributed by atoms with Gasteiger partial charge in [-0.05, 0) is 32.4 Å². The zero-order valence-electron chi connectivity index (χ0n) is 13.2. The maximum absolute atomic E-state index is 12.5. The Morgan fingerprint density at radius 1 is 1.43 bits per heavy atom. The largest absolute Gasteiger partial charge is 0.459 e. The van der Waals surface area contributed by atoms with E-state index in [-0.39, 0.29) is 11.9 Å². The zero-order chi connectivity index (χ0) is 15.6. The summed E-state index contributed by atoms with van der Waals surface area (Å²) in [5.74, 6) is 0.719. The van der Waals surface area contributed by atoms with Gasteiger partial charge in [-0.15, -0.1) is 0 Å². The number of hydrogen-bond acceptors (Lipinski definition) is 3.